The molecule has 1 N–H and O–H groups in total. The van der Waals surface area contributed by atoms with E-state index in [0.717, 1.165) is 18.8 Å². The summed E-state index contributed by atoms with van der Waals surface area (Å²) in [6.07, 6.45) is 1.81. The molecule has 4 heteroatoms. The van der Waals surface area contributed by atoms with Gasteiger partial charge in [-0.15, -0.1) is 19.0 Å². The molecule has 0 aliphatic heterocycles. The molecule has 0 radical (unpaired) electrons. The van der Waals surface area contributed by atoms with Crippen molar-refractivity contribution in [3.05, 3.63) is 42.5 Å². The van der Waals surface area contributed by atoms with Crippen molar-refractivity contribution in [3.8, 4) is 11.8 Å². The van der Waals surface area contributed by atoms with Crippen LogP contribution in [0.2, 0.25) is 0 Å². The molecule has 0 amide bonds. The number of benzene rings is 1. The van der Waals surface area contributed by atoms with E-state index in [1.165, 1.54) is 0 Å². The summed E-state index contributed by atoms with van der Waals surface area (Å²) in [5.74, 6) is 0.786. The number of nitrogens with zero attached hydrogens (tertiary/aromatic N) is 1. The SMILES string of the molecule is C=CCNCCOc1ccc(C#N)cc1.Cl. The number of hydrogen-bond donors (Lipinski definition) is 1. The van der Waals surface area contributed by atoms with Gasteiger partial charge in [-0.3, -0.25) is 0 Å². The van der Waals surface area contributed by atoms with Gasteiger partial charge in [0.15, 0.2) is 0 Å². The fourth-order valence-electron chi connectivity index (χ4n) is 1.07. The zero-order chi connectivity index (χ0) is 10.9. The van der Waals surface area contributed by atoms with E-state index in [1.54, 1.807) is 24.3 Å². The molecule has 0 unspecified atom stereocenters. The van der Waals surface area contributed by atoms with Crippen molar-refractivity contribution in [2.75, 3.05) is 19.7 Å². The Hall–Kier alpha value is -1.50. The lowest BCUT2D eigenvalue weighted by Crippen LogP contribution is -2.20. The Bertz CT molecular complexity index is 343. The van der Waals surface area contributed by atoms with Crippen molar-refractivity contribution in [1.29, 1.82) is 5.26 Å². The van der Waals surface area contributed by atoms with Gasteiger partial charge >= 0.3 is 0 Å². The van der Waals surface area contributed by atoms with E-state index in [4.69, 9.17) is 10.00 Å². The predicted molar refractivity (Wildman–Crippen MR) is 67.0 cm³/mol. The van der Waals surface area contributed by atoms with Crippen LogP contribution in [0, 0.1) is 11.3 Å². The van der Waals surface area contributed by atoms with Crippen LogP contribution in [0.25, 0.3) is 0 Å². The molecule has 86 valence electrons. The normalized spacial score (nSPS) is 8.69. The first-order valence-electron chi connectivity index (χ1n) is 4.81. The monoisotopic (exact) mass is 238 g/mol. The van der Waals surface area contributed by atoms with Gasteiger partial charge in [-0.25, -0.2) is 0 Å². The number of ether oxygens (including phenoxy) is 1. The van der Waals surface area contributed by atoms with Crippen LogP contribution in [0.1, 0.15) is 5.56 Å². The highest BCUT2D eigenvalue weighted by molar-refractivity contribution is 5.85. The Morgan fingerprint density at radius 2 is 2.06 bits per heavy atom. The van der Waals surface area contributed by atoms with Gasteiger partial charge < -0.3 is 10.1 Å². The number of nitriles is 1. The van der Waals surface area contributed by atoms with Gasteiger partial charge in [0.1, 0.15) is 12.4 Å². The van der Waals surface area contributed by atoms with Crippen molar-refractivity contribution in [2.24, 2.45) is 0 Å². The second-order valence-corrected chi connectivity index (χ2v) is 2.98. The third-order valence-electron chi connectivity index (χ3n) is 1.82. The van der Waals surface area contributed by atoms with Gasteiger partial charge in [0.05, 0.1) is 11.6 Å². The summed E-state index contributed by atoms with van der Waals surface area (Å²) in [5.41, 5.74) is 0.645. The molecule has 0 heterocycles. The molecule has 16 heavy (non-hydrogen) atoms. The van der Waals surface area contributed by atoms with Crippen molar-refractivity contribution in [3.63, 3.8) is 0 Å². The maximum Gasteiger partial charge on any atom is 0.119 e. The Morgan fingerprint density at radius 1 is 1.38 bits per heavy atom. The smallest absolute Gasteiger partial charge is 0.119 e. The third kappa shape index (κ3) is 5.40. The van der Waals surface area contributed by atoms with E-state index in [1.807, 2.05) is 6.08 Å². The molecule has 0 spiro atoms. The van der Waals surface area contributed by atoms with E-state index in [9.17, 15) is 0 Å². The number of nitrogens with one attached hydrogen (secondary N) is 1. The van der Waals surface area contributed by atoms with Gasteiger partial charge in [0.2, 0.25) is 0 Å². The molecule has 1 aromatic carbocycles. The molecule has 1 aromatic rings. The lowest BCUT2D eigenvalue weighted by molar-refractivity contribution is 0.316. The first kappa shape index (κ1) is 14.5. The zero-order valence-corrected chi connectivity index (χ0v) is 9.80. The summed E-state index contributed by atoms with van der Waals surface area (Å²) < 4.78 is 5.45. The zero-order valence-electron chi connectivity index (χ0n) is 8.98. The van der Waals surface area contributed by atoms with Crippen LogP contribution in [-0.4, -0.2) is 19.7 Å². The molecule has 1 rings (SSSR count). The van der Waals surface area contributed by atoms with Crippen molar-refractivity contribution < 1.29 is 4.74 Å². The van der Waals surface area contributed by atoms with Crippen LogP contribution in [0.4, 0.5) is 0 Å². The largest absolute Gasteiger partial charge is 0.492 e. The fraction of sp³-hybridized carbons (Fsp3) is 0.250. The molecular formula is C12H15ClN2O. The molecule has 0 atom stereocenters. The van der Waals surface area contributed by atoms with E-state index < -0.39 is 0 Å². The third-order valence-corrected chi connectivity index (χ3v) is 1.82. The minimum Gasteiger partial charge on any atom is -0.492 e. The Balaban J connectivity index is 0.00000225. The standard InChI is InChI=1S/C12H14N2O.ClH/c1-2-7-14-8-9-15-12-5-3-11(10-13)4-6-12;/h2-6,14H,1,7-9H2;1H. The van der Waals surface area contributed by atoms with Gasteiger partial charge in [0.25, 0.3) is 0 Å². The van der Waals surface area contributed by atoms with Crippen LogP contribution >= 0.6 is 12.4 Å². The average molecular weight is 239 g/mol. The summed E-state index contributed by atoms with van der Waals surface area (Å²) in [5, 5.41) is 11.7. The Kier molecular flexibility index (Phi) is 7.96. The minimum atomic E-state index is 0. The van der Waals surface area contributed by atoms with Crippen molar-refractivity contribution >= 4 is 12.4 Å². The number of rotatable bonds is 6. The van der Waals surface area contributed by atoms with Crippen molar-refractivity contribution in [1.82, 2.24) is 5.32 Å². The highest BCUT2D eigenvalue weighted by Crippen LogP contribution is 2.10. The summed E-state index contributed by atoms with van der Waals surface area (Å²) >= 11 is 0. The highest BCUT2D eigenvalue weighted by atomic mass is 35.5. The first-order chi connectivity index (χ1) is 7.36. The molecule has 0 aliphatic rings. The minimum absolute atomic E-state index is 0. The number of hydrogen-bond acceptors (Lipinski definition) is 3. The first-order valence-corrected chi connectivity index (χ1v) is 4.81. The van der Waals surface area contributed by atoms with Gasteiger partial charge in [0, 0.05) is 13.1 Å². The van der Waals surface area contributed by atoms with Crippen molar-refractivity contribution in [2.45, 2.75) is 0 Å². The molecule has 0 saturated heterocycles. The van der Waals surface area contributed by atoms with Crippen LogP contribution in [0.5, 0.6) is 5.75 Å². The molecule has 0 fully saturated rings. The maximum absolute atomic E-state index is 8.59. The summed E-state index contributed by atoms with van der Waals surface area (Å²) in [6, 6.07) is 9.14. The number of halogens is 1. The van der Waals surface area contributed by atoms with Crippen LogP contribution in [0.3, 0.4) is 0 Å². The summed E-state index contributed by atoms with van der Waals surface area (Å²) in [7, 11) is 0. The van der Waals surface area contributed by atoms with Crippen LogP contribution < -0.4 is 10.1 Å². The molecule has 3 nitrogen and oxygen atoms in total. The second kappa shape index (κ2) is 8.78. The van der Waals surface area contributed by atoms with E-state index >= 15 is 0 Å². The van der Waals surface area contributed by atoms with E-state index in [-0.39, 0.29) is 12.4 Å². The van der Waals surface area contributed by atoms with Gasteiger partial charge in [-0.05, 0) is 24.3 Å². The van der Waals surface area contributed by atoms with Crippen LogP contribution in [-0.2, 0) is 0 Å². The van der Waals surface area contributed by atoms with E-state index in [0.29, 0.717) is 12.2 Å². The fourth-order valence-corrected chi connectivity index (χ4v) is 1.07. The maximum atomic E-state index is 8.59. The molecule has 0 saturated carbocycles. The quantitative estimate of drug-likeness (QED) is 0.610. The lowest BCUT2D eigenvalue weighted by atomic mass is 10.2. The lowest BCUT2D eigenvalue weighted by Gasteiger charge is -2.05. The Morgan fingerprint density at radius 3 is 2.62 bits per heavy atom. The second-order valence-electron chi connectivity index (χ2n) is 2.98. The predicted octanol–water partition coefficient (Wildman–Crippen LogP) is 2.13. The average Bonchev–Trinajstić information content (AvgIpc) is 2.30. The van der Waals surface area contributed by atoms with Gasteiger partial charge in [-0.1, -0.05) is 6.08 Å². The summed E-state index contributed by atoms with van der Waals surface area (Å²) in [4.78, 5) is 0. The highest BCUT2D eigenvalue weighted by Gasteiger charge is 1.93. The molecule has 0 aliphatic carbocycles. The van der Waals surface area contributed by atoms with E-state index in [2.05, 4.69) is 18.0 Å². The molecular weight excluding hydrogens is 224 g/mol. The van der Waals surface area contributed by atoms with Crippen LogP contribution in [0.15, 0.2) is 36.9 Å². The molecule has 0 aromatic heterocycles. The van der Waals surface area contributed by atoms with Gasteiger partial charge in [-0.2, -0.15) is 5.26 Å². The topological polar surface area (TPSA) is 45.0 Å². The molecule has 0 bridgehead atoms. The Labute approximate surface area is 102 Å². The summed E-state index contributed by atoms with van der Waals surface area (Å²) in [6.45, 7) is 5.78.